The molecule has 3 aromatic rings. The van der Waals surface area contributed by atoms with E-state index in [1.54, 1.807) is 12.3 Å². The average Bonchev–Trinajstić information content (AvgIpc) is 2.78. The number of pyridine rings is 2. The third-order valence-electron chi connectivity index (χ3n) is 4.69. The molecule has 0 saturated heterocycles. The van der Waals surface area contributed by atoms with Crippen LogP contribution < -0.4 is 15.2 Å². The zero-order chi connectivity index (χ0) is 22.2. The van der Waals surface area contributed by atoms with Crippen molar-refractivity contribution in [2.24, 2.45) is 11.7 Å². The fraction of sp³-hybridized carbons (Fsp3) is 0.292. The summed E-state index contributed by atoms with van der Waals surface area (Å²) in [5.74, 6) is 2.24. The van der Waals surface area contributed by atoms with Gasteiger partial charge in [0.15, 0.2) is 6.29 Å². The van der Waals surface area contributed by atoms with Gasteiger partial charge in [0.1, 0.15) is 24.7 Å². The van der Waals surface area contributed by atoms with Crippen molar-refractivity contribution in [2.45, 2.75) is 32.9 Å². The van der Waals surface area contributed by atoms with Gasteiger partial charge in [-0.3, -0.25) is 14.8 Å². The molecule has 1 aliphatic rings. The highest BCUT2D eigenvalue weighted by molar-refractivity contribution is 9.10. The van der Waals surface area contributed by atoms with Crippen molar-refractivity contribution in [3.8, 4) is 22.6 Å². The number of rotatable bonds is 6. The van der Waals surface area contributed by atoms with E-state index in [0.717, 1.165) is 39.8 Å². The molecule has 3 heterocycles. The summed E-state index contributed by atoms with van der Waals surface area (Å²) in [6.07, 6.45) is 8.52. The van der Waals surface area contributed by atoms with Crippen LogP contribution in [0.5, 0.6) is 11.5 Å². The molecule has 2 aromatic heterocycles. The smallest absolute Gasteiger partial charge is 0.152 e. The van der Waals surface area contributed by atoms with Crippen molar-refractivity contribution in [2.75, 3.05) is 6.61 Å². The van der Waals surface area contributed by atoms with E-state index >= 15 is 0 Å². The van der Waals surface area contributed by atoms with Gasteiger partial charge in [0, 0.05) is 58.1 Å². The monoisotopic (exact) mass is 483 g/mol. The van der Waals surface area contributed by atoms with Gasteiger partial charge in [-0.1, -0.05) is 13.8 Å². The SMILES string of the molecule is CC(C)C[C@H](N)COc1ccc2c(c1)OCc1cnccc1-2.O=Cc1cnccc1Br. The number of nitrogens with zero attached hydrogens (tertiary/aromatic N) is 2. The maximum Gasteiger partial charge on any atom is 0.152 e. The minimum atomic E-state index is 0.0590. The van der Waals surface area contributed by atoms with E-state index < -0.39 is 0 Å². The average molecular weight is 484 g/mol. The highest BCUT2D eigenvalue weighted by Gasteiger charge is 2.18. The number of fused-ring (bicyclic) bond motifs is 3. The quantitative estimate of drug-likeness (QED) is 0.493. The Balaban J connectivity index is 0.000000254. The van der Waals surface area contributed by atoms with E-state index in [-0.39, 0.29) is 6.04 Å². The number of aldehydes is 1. The Hall–Kier alpha value is -2.77. The predicted octanol–water partition coefficient (Wildman–Crippen LogP) is 5.05. The van der Waals surface area contributed by atoms with Gasteiger partial charge in [0.25, 0.3) is 0 Å². The van der Waals surface area contributed by atoms with E-state index in [9.17, 15) is 4.79 Å². The van der Waals surface area contributed by atoms with Gasteiger partial charge in [-0.15, -0.1) is 0 Å². The molecule has 0 spiro atoms. The molecule has 0 saturated carbocycles. The Morgan fingerprint density at radius 1 is 1.16 bits per heavy atom. The fourth-order valence-electron chi connectivity index (χ4n) is 3.25. The summed E-state index contributed by atoms with van der Waals surface area (Å²) in [6, 6.07) is 9.76. The van der Waals surface area contributed by atoms with E-state index in [1.165, 1.54) is 11.8 Å². The first-order valence-corrected chi connectivity index (χ1v) is 10.9. The zero-order valence-electron chi connectivity index (χ0n) is 17.6. The lowest BCUT2D eigenvalue weighted by Crippen LogP contribution is -2.29. The Morgan fingerprint density at radius 3 is 2.65 bits per heavy atom. The van der Waals surface area contributed by atoms with E-state index in [0.29, 0.717) is 24.7 Å². The molecular formula is C24H26BrN3O3. The number of hydrogen-bond acceptors (Lipinski definition) is 6. The molecule has 162 valence electrons. The van der Waals surface area contributed by atoms with Crippen molar-refractivity contribution < 1.29 is 14.3 Å². The lowest BCUT2D eigenvalue weighted by molar-refractivity contribution is 0.112. The summed E-state index contributed by atoms with van der Waals surface area (Å²) in [6.45, 7) is 5.40. The summed E-state index contributed by atoms with van der Waals surface area (Å²) in [5.41, 5.74) is 10.0. The van der Waals surface area contributed by atoms with E-state index in [1.807, 2.05) is 36.7 Å². The van der Waals surface area contributed by atoms with Gasteiger partial charge in [-0.2, -0.15) is 0 Å². The van der Waals surface area contributed by atoms with Crippen molar-refractivity contribution in [3.05, 3.63) is 70.7 Å². The first-order valence-electron chi connectivity index (χ1n) is 10.1. The Kier molecular flexibility index (Phi) is 8.14. The van der Waals surface area contributed by atoms with Gasteiger partial charge in [-0.25, -0.2) is 0 Å². The van der Waals surface area contributed by atoms with Crippen LogP contribution >= 0.6 is 15.9 Å². The van der Waals surface area contributed by atoms with Gasteiger partial charge in [0.05, 0.1) is 0 Å². The first-order chi connectivity index (χ1) is 15.0. The van der Waals surface area contributed by atoms with Crippen LogP contribution in [0, 0.1) is 5.92 Å². The van der Waals surface area contributed by atoms with Crippen molar-refractivity contribution in [1.82, 2.24) is 9.97 Å². The second-order valence-electron chi connectivity index (χ2n) is 7.70. The van der Waals surface area contributed by atoms with Gasteiger partial charge in [-0.05, 0) is 58.1 Å². The van der Waals surface area contributed by atoms with Crippen LogP contribution in [-0.2, 0) is 6.61 Å². The lowest BCUT2D eigenvalue weighted by Gasteiger charge is -2.21. The largest absolute Gasteiger partial charge is 0.492 e. The van der Waals surface area contributed by atoms with Crippen LogP contribution in [0.2, 0.25) is 0 Å². The van der Waals surface area contributed by atoms with Crippen LogP contribution in [-0.4, -0.2) is 28.9 Å². The fourth-order valence-corrected chi connectivity index (χ4v) is 3.56. The molecule has 4 rings (SSSR count). The highest BCUT2D eigenvalue weighted by atomic mass is 79.9. The van der Waals surface area contributed by atoms with Crippen LogP contribution in [0.25, 0.3) is 11.1 Å². The molecule has 1 atom stereocenters. The van der Waals surface area contributed by atoms with Gasteiger partial charge < -0.3 is 15.2 Å². The topological polar surface area (TPSA) is 87.3 Å². The summed E-state index contributed by atoms with van der Waals surface area (Å²) in [7, 11) is 0. The first kappa shape index (κ1) is 22.9. The van der Waals surface area contributed by atoms with Crippen molar-refractivity contribution >= 4 is 22.2 Å². The minimum Gasteiger partial charge on any atom is -0.492 e. The summed E-state index contributed by atoms with van der Waals surface area (Å²) in [5, 5.41) is 0. The lowest BCUT2D eigenvalue weighted by atomic mass is 9.99. The molecule has 0 amide bonds. The van der Waals surface area contributed by atoms with Crippen LogP contribution in [0.1, 0.15) is 36.2 Å². The number of halogens is 1. The van der Waals surface area contributed by atoms with Crippen LogP contribution in [0.15, 0.2) is 59.6 Å². The highest BCUT2D eigenvalue weighted by Crippen LogP contribution is 2.39. The summed E-state index contributed by atoms with van der Waals surface area (Å²) >= 11 is 3.19. The molecule has 7 heteroatoms. The van der Waals surface area contributed by atoms with E-state index in [2.05, 4.69) is 39.7 Å². The standard InChI is InChI=1S/C18H22N2O2.C6H4BrNO/c1-12(2)7-14(19)11-21-15-3-4-17-16-5-6-20-9-13(16)10-22-18(17)8-15;7-6-1-2-8-3-5(6)4-9/h3-6,8-9,12,14H,7,10-11,19H2,1-2H3;1-4H/t14-;/m0./s1. The maximum atomic E-state index is 10.2. The molecule has 1 aromatic carbocycles. The summed E-state index contributed by atoms with van der Waals surface area (Å²) < 4.78 is 12.4. The number of benzene rings is 1. The molecule has 31 heavy (non-hydrogen) atoms. The predicted molar refractivity (Wildman–Crippen MR) is 124 cm³/mol. The molecular weight excluding hydrogens is 458 g/mol. The van der Waals surface area contributed by atoms with E-state index in [4.69, 9.17) is 15.2 Å². The summed E-state index contributed by atoms with van der Waals surface area (Å²) in [4.78, 5) is 18.1. The van der Waals surface area contributed by atoms with Crippen LogP contribution in [0.3, 0.4) is 0 Å². The molecule has 1 aliphatic heterocycles. The number of carbonyl (C=O) groups is 1. The molecule has 6 nitrogen and oxygen atoms in total. The number of hydrogen-bond donors (Lipinski definition) is 1. The number of aromatic nitrogens is 2. The van der Waals surface area contributed by atoms with Gasteiger partial charge in [0.2, 0.25) is 0 Å². The Labute approximate surface area is 191 Å². The maximum absolute atomic E-state index is 10.2. The third-order valence-corrected chi connectivity index (χ3v) is 5.41. The Bertz CT molecular complexity index is 1030. The number of ether oxygens (including phenoxy) is 2. The molecule has 0 radical (unpaired) electrons. The van der Waals surface area contributed by atoms with Crippen molar-refractivity contribution in [3.63, 3.8) is 0 Å². The Morgan fingerprint density at radius 2 is 1.94 bits per heavy atom. The van der Waals surface area contributed by atoms with Crippen molar-refractivity contribution in [1.29, 1.82) is 0 Å². The third kappa shape index (κ3) is 6.35. The molecule has 0 bridgehead atoms. The molecule has 0 unspecified atom stereocenters. The molecule has 2 N–H and O–H groups in total. The zero-order valence-corrected chi connectivity index (χ0v) is 19.2. The van der Waals surface area contributed by atoms with Crippen LogP contribution in [0.4, 0.5) is 0 Å². The molecule has 0 aliphatic carbocycles. The second-order valence-corrected chi connectivity index (χ2v) is 8.55. The molecule has 0 fully saturated rings. The minimum absolute atomic E-state index is 0.0590. The second kappa shape index (κ2) is 11.0. The normalized spacial score (nSPS) is 12.5. The number of nitrogens with two attached hydrogens (primary N) is 1. The number of carbonyl (C=O) groups excluding carboxylic acids is 1. The van der Waals surface area contributed by atoms with Gasteiger partial charge >= 0.3 is 0 Å².